The van der Waals surface area contributed by atoms with Crippen LogP contribution in [0.5, 0.6) is 0 Å². The van der Waals surface area contributed by atoms with Crippen molar-refractivity contribution in [2.75, 3.05) is 13.1 Å². The Kier molecular flexibility index (Phi) is 3.90. The van der Waals surface area contributed by atoms with E-state index < -0.39 is 0 Å². The van der Waals surface area contributed by atoms with Gasteiger partial charge in [-0.3, -0.25) is 9.69 Å². The van der Waals surface area contributed by atoms with Crippen molar-refractivity contribution in [2.45, 2.75) is 58.8 Å². The predicted octanol–water partition coefficient (Wildman–Crippen LogP) is 1.85. The monoisotopic (exact) mass is 213 g/mol. The minimum Gasteiger partial charge on any atom is -0.370 e. The van der Waals surface area contributed by atoms with Crippen molar-refractivity contribution in [2.24, 2.45) is 0 Å². The second-order valence-electron chi connectivity index (χ2n) is 5.11. The minimum atomic E-state index is -0.139. The molecule has 2 unspecified atom stereocenters. The fourth-order valence-electron chi connectivity index (χ4n) is 2.30. The van der Waals surface area contributed by atoms with Crippen molar-refractivity contribution in [3.05, 3.63) is 0 Å². The second kappa shape index (κ2) is 4.62. The van der Waals surface area contributed by atoms with E-state index in [9.17, 15) is 4.79 Å². The molecule has 0 saturated carbocycles. The van der Waals surface area contributed by atoms with Crippen LogP contribution in [0.1, 0.15) is 41.0 Å². The van der Waals surface area contributed by atoms with Crippen LogP contribution < -0.4 is 0 Å². The first-order valence-corrected chi connectivity index (χ1v) is 5.80. The molecule has 1 saturated heterocycles. The number of carbonyl (C=O) groups is 1. The molecule has 1 rings (SSSR count). The van der Waals surface area contributed by atoms with E-state index in [1.165, 1.54) is 0 Å². The molecule has 88 valence electrons. The summed E-state index contributed by atoms with van der Waals surface area (Å²) in [7, 11) is 0. The number of hydrogen-bond donors (Lipinski definition) is 0. The third-order valence-electron chi connectivity index (χ3n) is 2.96. The summed E-state index contributed by atoms with van der Waals surface area (Å²) in [6.45, 7) is 11.9. The molecule has 1 aliphatic rings. The summed E-state index contributed by atoms with van der Waals surface area (Å²) in [6, 6.07) is 0.0284. The summed E-state index contributed by atoms with van der Waals surface area (Å²) in [5.41, 5.74) is -0.139. The Morgan fingerprint density at radius 2 is 2.20 bits per heavy atom. The maximum Gasteiger partial charge on any atom is 0.149 e. The Labute approximate surface area is 92.8 Å². The number of ketones is 1. The number of carbonyl (C=O) groups excluding carboxylic acids is 1. The molecule has 0 N–H and O–H groups in total. The van der Waals surface area contributed by atoms with E-state index in [1.54, 1.807) is 0 Å². The van der Waals surface area contributed by atoms with Gasteiger partial charge in [-0.1, -0.05) is 6.92 Å². The van der Waals surface area contributed by atoms with Gasteiger partial charge in [0.15, 0.2) is 0 Å². The highest BCUT2D eigenvalue weighted by Gasteiger charge is 2.34. The van der Waals surface area contributed by atoms with Gasteiger partial charge in [0.1, 0.15) is 5.78 Å². The average molecular weight is 213 g/mol. The molecular weight excluding hydrogens is 190 g/mol. The molecule has 0 radical (unpaired) electrons. The second-order valence-corrected chi connectivity index (χ2v) is 5.11. The number of ether oxygens (including phenoxy) is 1. The highest BCUT2D eigenvalue weighted by molar-refractivity contribution is 5.83. The molecule has 0 amide bonds. The fourth-order valence-corrected chi connectivity index (χ4v) is 2.30. The topological polar surface area (TPSA) is 29.5 Å². The lowest BCUT2D eigenvalue weighted by Gasteiger charge is -2.43. The van der Waals surface area contributed by atoms with Gasteiger partial charge < -0.3 is 4.74 Å². The molecule has 0 aromatic carbocycles. The molecule has 2 atom stereocenters. The first kappa shape index (κ1) is 12.7. The smallest absolute Gasteiger partial charge is 0.149 e. The lowest BCUT2D eigenvalue weighted by Crippen LogP contribution is -2.56. The number of morpholine rings is 1. The van der Waals surface area contributed by atoms with Crippen LogP contribution in [0, 0.1) is 0 Å². The van der Waals surface area contributed by atoms with Crippen molar-refractivity contribution in [1.29, 1.82) is 0 Å². The van der Waals surface area contributed by atoms with E-state index in [0.717, 1.165) is 13.1 Å². The maximum absolute atomic E-state index is 11.6. The third-order valence-corrected chi connectivity index (χ3v) is 2.96. The molecule has 1 fully saturated rings. The molecule has 1 heterocycles. The molecule has 0 spiro atoms. The number of Topliss-reactive ketones (excluding diaryl/α,β-unsaturated/α-hetero) is 1. The van der Waals surface area contributed by atoms with Gasteiger partial charge in [0.25, 0.3) is 0 Å². The summed E-state index contributed by atoms with van der Waals surface area (Å²) >= 11 is 0. The Morgan fingerprint density at radius 3 is 2.67 bits per heavy atom. The van der Waals surface area contributed by atoms with Crippen molar-refractivity contribution in [3.8, 4) is 0 Å². The molecule has 3 nitrogen and oxygen atoms in total. The lowest BCUT2D eigenvalue weighted by atomic mass is 10.0. The van der Waals surface area contributed by atoms with Crippen molar-refractivity contribution in [3.63, 3.8) is 0 Å². The largest absolute Gasteiger partial charge is 0.370 e. The van der Waals surface area contributed by atoms with Crippen LogP contribution in [0.25, 0.3) is 0 Å². The minimum absolute atomic E-state index is 0.0284. The van der Waals surface area contributed by atoms with E-state index in [-0.39, 0.29) is 17.7 Å². The van der Waals surface area contributed by atoms with Gasteiger partial charge >= 0.3 is 0 Å². The SMILES string of the molecule is CCC(=O)C(C)N1CC(C)OC(C)(C)C1. The Morgan fingerprint density at radius 1 is 1.60 bits per heavy atom. The normalized spacial score (nSPS) is 28.7. The Hall–Kier alpha value is -0.410. The van der Waals surface area contributed by atoms with E-state index >= 15 is 0 Å². The van der Waals surface area contributed by atoms with E-state index in [1.807, 2.05) is 13.8 Å². The maximum atomic E-state index is 11.6. The van der Waals surface area contributed by atoms with E-state index in [4.69, 9.17) is 4.74 Å². The van der Waals surface area contributed by atoms with Crippen LogP contribution in [-0.2, 0) is 9.53 Å². The van der Waals surface area contributed by atoms with Crippen LogP contribution in [0.15, 0.2) is 0 Å². The van der Waals surface area contributed by atoms with Gasteiger partial charge in [-0.15, -0.1) is 0 Å². The standard InChI is InChI=1S/C12H23NO2/c1-6-11(14)10(3)13-7-9(2)15-12(4,5)8-13/h9-10H,6-8H2,1-5H3. The Balaban J connectivity index is 2.66. The van der Waals surface area contributed by atoms with Crippen molar-refractivity contribution >= 4 is 5.78 Å². The van der Waals surface area contributed by atoms with Gasteiger partial charge in [0, 0.05) is 19.5 Å². The fraction of sp³-hybridized carbons (Fsp3) is 0.917. The van der Waals surface area contributed by atoms with Crippen LogP contribution >= 0.6 is 0 Å². The number of nitrogens with zero attached hydrogens (tertiary/aromatic N) is 1. The summed E-state index contributed by atoms with van der Waals surface area (Å²) < 4.78 is 5.81. The van der Waals surface area contributed by atoms with Crippen LogP contribution in [0.2, 0.25) is 0 Å². The molecule has 0 aromatic heterocycles. The number of hydrogen-bond acceptors (Lipinski definition) is 3. The molecule has 0 bridgehead atoms. The first-order valence-electron chi connectivity index (χ1n) is 5.80. The molecule has 15 heavy (non-hydrogen) atoms. The van der Waals surface area contributed by atoms with Crippen molar-refractivity contribution < 1.29 is 9.53 Å². The zero-order chi connectivity index (χ0) is 11.6. The van der Waals surface area contributed by atoms with Gasteiger partial charge in [-0.05, 0) is 27.7 Å². The highest BCUT2D eigenvalue weighted by Crippen LogP contribution is 2.22. The van der Waals surface area contributed by atoms with Gasteiger partial charge in [-0.2, -0.15) is 0 Å². The van der Waals surface area contributed by atoms with E-state index in [2.05, 4.69) is 25.7 Å². The van der Waals surface area contributed by atoms with Crippen LogP contribution in [-0.4, -0.2) is 41.5 Å². The molecule has 3 heteroatoms. The first-order chi connectivity index (χ1) is 6.85. The average Bonchev–Trinajstić information content (AvgIpc) is 2.12. The summed E-state index contributed by atoms with van der Waals surface area (Å²) in [4.78, 5) is 13.9. The Bertz CT molecular complexity index is 238. The quantitative estimate of drug-likeness (QED) is 0.716. The predicted molar refractivity (Wildman–Crippen MR) is 61.0 cm³/mol. The van der Waals surface area contributed by atoms with Gasteiger partial charge in [0.05, 0.1) is 17.7 Å². The van der Waals surface area contributed by atoms with Crippen molar-refractivity contribution in [1.82, 2.24) is 4.90 Å². The molecular formula is C12H23NO2. The summed E-state index contributed by atoms with van der Waals surface area (Å²) in [5, 5.41) is 0. The van der Waals surface area contributed by atoms with Gasteiger partial charge in [0.2, 0.25) is 0 Å². The zero-order valence-electron chi connectivity index (χ0n) is 10.5. The van der Waals surface area contributed by atoms with Crippen LogP contribution in [0.3, 0.4) is 0 Å². The molecule has 0 aliphatic carbocycles. The summed E-state index contributed by atoms with van der Waals surface area (Å²) in [5.74, 6) is 0.319. The molecule has 1 aliphatic heterocycles. The van der Waals surface area contributed by atoms with Crippen LogP contribution in [0.4, 0.5) is 0 Å². The molecule has 0 aromatic rings. The highest BCUT2D eigenvalue weighted by atomic mass is 16.5. The summed E-state index contributed by atoms with van der Waals surface area (Å²) in [6.07, 6.45) is 0.828. The zero-order valence-corrected chi connectivity index (χ0v) is 10.5. The lowest BCUT2D eigenvalue weighted by molar-refractivity contribution is -0.146. The van der Waals surface area contributed by atoms with E-state index in [0.29, 0.717) is 12.2 Å². The third kappa shape index (κ3) is 3.28. The van der Waals surface area contributed by atoms with Gasteiger partial charge in [-0.25, -0.2) is 0 Å². The number of rotatable bonds is 3.